The average molecular weight is 344 g/mol. The average Bonchev–Trinajstić information content (AvgIpc) is 3.12. The lowest BCUT2D eigenvalue weighted by Gasteiger charge is -2.19. The Hall–Kier alpha value is -2.41. The molecule has 24 heavy (non-hydrogen) atoms. The summed E-state index contributed by atoms with van der Waals surface area (Å²) in [4.78, 5) is 24.7. The summed E-state index contributed by atoms with van der Waals surface area (Å²) in [7, 11) is 0. The van der Waals surface area contributed by atoms with Crippen molar-refractivity contribution in [3.05, 3.63) is 46.2 Å². The molecule has 3 heterocycles. The first-order valence-electron chi connectivity index (χ1n) is 7.72. The van der Waals surface area contributed by atoms with Crippen LogP contribution in [0.1, 0.15) is 36.2 Å². The smallest absolute Gasteiger partial charge is 0.408 e. The second-order valence-corrected chi connectivity index (χ2v) is 7.67. The van der Waals surface area contributed by atoms with Crippen molar-refractivity contribution in [2.45, 2.75) is 39.3 Å². The van der Waals surface area contributed by atoms with Crippen molar-refractivity contribution in [3.63, 3.8) is 0 Å². The van der Waals surface area contributed by atoms with E-state index < -0.39 is 11.7 Å². The molecule has 7 heteroatoms. The van der Waals surface area contributed by atoms with Gasteiger partial charge in [-0.3, -0.25) is 0 Å². The van der Waals surface area contributed by atoms with Crippen LogP contribution in [0.25, 0.3) is 11.0 Å². The van der Waals surface area contributed by atoms with Gasteiger partial charge in [0.05, 0.1) is 6.54 Å². The van der Waals surface area contributed by atoms with Gasteiger partial charge in [-0.1, -0.05) is 0 Å². The highest BCUT2D eigenvalue weighted by Crippen LogP contribution is 2.22. The van der Waals surface area contributed by atoms with Gasteiger partial charge in [-0.2, -0.15) is 0 Å². The highest BCUT2D eigenvalue weighted by atomic mass is 32.1. The Morgan fingerprint density at radius 2 is 2.21 bits per heavy atom. The molecule has 0 bridgehead atoms. The van der Waals surface area contributed by atoms with Crippen LogP contribution in [0.3, 0.4) is 0 Å². The van der Waals surface area contributed by atoms with Crippen LogP contribution in [-0.4, -0.2) is 26.6 Å². The first-order chi connectivity index (χ1) is 11.4. The third-order valence-electron chi connectivity index (χ3n) is 3.29. The number of alkyl carbamates (subject to hydrolysis) is 1. The highest BCUT2D eigenvalue weighted by Gasteiger charge is 2.16. The summed E-state index contributed by atoms with van der Waals surface area (Å²) in [5.74, 6) is 0. The fourth-order valence-corrected chi connectivity index (χ4v) is 3.21. The molecule has 1 amide bonds. The van der Waals surface area contributed by atoms with Crippen molar-refractivity contribution in [2.24, 2.45) is 0 Å². The van der Waals surface area contributed by atoms with Gasteiger partial charge >= 0.3 is 6.09 Å². The van der Waals surface area contributed by atoms with E-state index in [-0.39, 0.29) is 0 Å². The quantitative estimate of drug-likeness (QED) is 0.757. The maximum absolute atomic E-state index is 11.7. The monoisotopic (exact) mass is 344 g/mol. The number of H-pyrrole nitrogens is 1. The third kappa shape index (κ3) is 4.11. The molecule has 3 rings (SSSR count). The number of carbonyl (C=O) groups is 1. The Morgan fingerprint density at radius 1 is 1.38 bits per heavy atom. The van der Waals surface area contributed by atoms with Crippen molar-refractivity contribution in [1.82, 2.24) is 20.3 Å². The first-order valence-corrected chi connectivity index (χ1v) is 8.54. The van der Waals surface area contributed by atoms with Crippen molar-refractivity contribution >= 4 is 28.5 Å². The molecular formula is C17H20N4O2S. The number of hydrogen-bond donors (Lipinski definition) is 2. The van der Waals surface area contributed by atoms with Gasteiger partial charge in [-0.25, -0.2) is 14.8 Å². The van der Waals surface area contributed by atoms with Crippen LogP contribution in [0, 0.1) is 0 Å². The lowest BCUT2D eigenvalue weighted by molar-refractivity contribution is 0.0523. The molecule has 0 fully saturated rings. The number of amides is 1. The van der Waals surface area contributed by atoms with Gasteiger partial charge < -0.3 is 15.0 Å². The van der Waals surface area contributed by atoms with Gasteiger partial charge in [0.1, 0.15) is 16.3 Å². The van der Waals surface area contributed by atoms with E-state index in [4.69, 9.17) is 4.74 Å². The van der Waals surface area contributed by atoms with Gasteiger partial charge in [0.15, 0.2) is 0 Å². The van der Waals surface area contributed by atoms with E-state index in [0.717, 1.165) is 27.3 Å². The first kappa shape index (κ1) is 16.4. The Balaban J connectivity index is 1.61. The number of pyridine rings is 1. The Morgan fingerprint density at radius 3 is 3.00 bits per heavy atom. The lowest BCUT2D eigenvalue weighted by Crippen LogP contribution is -2.32. The van der Waals surface area contributed by atoms with Crippen LogP contribution in [0.5, 0.6) is 0 Å². The van der Waals surface area contributed by atoms with E-state index in [2.05, 4.69) is 26.3 Å². The molecule has 0 aromatic carbocycles. The van der Waals surface area contributed by atoms with Crippen LogP contribution < -0.4 is 5.32 Å². The second-order valence-electron chi connectivity index (χ2n) is 6.47. The molecule has 0 unspecified atom stereocenters. The van der Waals surface area contributed by atoms with Gasteiger partial charge in [-0.15, -0.1) is 11.3 Å². The molecule has 3 aromatic rings. The highest BCUT2D eigenvalue weighted by molar-refractivity contribution is 7.11. The van der Waals surface area contributed by atoms with Crippen molar-refractivity contribution in [1.29, 1.82) is 0 Å². The Kier molecular flexibility index (Phi) is 4.53. The Labute approximate surface area is 144 Å². The topological polar surface area (TPSA) is 79.9 Å². The number of ether oxygens (including phenoxy) is 1. The normalized spacial score (nSPS) is 11.6. The van der Waals surface area contributed by atoms with E-state index in [1.807, 2.05) is 39.2 Å². The van der Waals surface area contributed by atoms with Crippen LogP contribution in [0.2, 0.25) is 0 Å². The molecular weight excluding hydrogens is 324 g/mol. The molecule has 3 aromatic heterocycles. The number of rotatable bonds is 4. The summed E-state index contributed by atoms with van der Waals surface area (Å²) in [6.45, 7) is 5.88. The van der Waals surface area contributed by atoms with E-state index >= 15 is 0 Å². The minimum Gasteiger partial charge on any atom is -0.444 e. The zero-order valence-electron chi connectivity index (χ0n) is 13.9. The summed E-state index contributed by atoms with van der Waals surface area (Å²) in [5, 5.41) is 4.71. The number of carbonyl (C=O) groups excluding carboxylic acids is 1. The maximum atomic E-state index is 11.7. The predicted octanol–water partition coefficient (Wildman–Crippen LogP) is 3.63. The minimum atomic E-state index is -0.499. The maximum Gasteiger partial charge on any atom is 0.408 e. The molecule has 6 nitrogen and oxygen atoms in total. The SMILES string of the molecule is CC(C)(C)OC(=O)NCc1ncc(Cc2c[nH]c3ncccc23)s1. The van der Waals surface area contributed by atoms with Crippen molar-refractivity contribution in [2.75, 3.05) is 0 Å². The summed E-state index contributed by atoms with van der Waals surface area (Å²) in [6, 6.07) is 3.99. The van der Waals surface area contributed by atoms with E-state index in [9.17, 15) is 4.79 Å². The van der Waals surface area contributed by atoms with E-state index in [0.29, 0.717) is 6.54 Å². The number of hydrogen-bond acceptors (Lipinski definition) is 5. The van der Waals surface area contributed by atoms with Gasteiger partial charge in [0, 0.05) is 35.3 Å². The van der Waals surface area contributed by atoms with Crippen LogP contribution in [0.4, 0.5) is 4.79 Å². The number of fused-ring (bicyclic) bond motifs is 1. The summed E-state index contributed by atoms with van der Waals surface area (Å²) >= 11 is 1.58. The van der Waals surface area contributed by atoms with Crippen LogP contribution >= 0.6 is 11.3 Å². The van der Waals surface area contributed by atoms with Crippen molar-refractivity contribution < 1.29 is 9.53 Å². The van der Waals surface area contributed by atoms with Gasteiger partial charge in [-0.05, 0) is 38.5 Å². The lowest BCUT2D eigenvalue weighted by atomic mass is 10.1. The van der Waals surface area contributed by atoms with Crippen LogP contribution in [0.15, 0.2) is 30.7 Å². The second kappa shape index (κ2) is 6.60. The predicted molar refractivity (Wildman–Crippen MR) is 94.1 cm³/mol. The largest absolute Gasteiger partial charge is 0.444 e. The molecule has 0 radical (unpaired) electrons. The summed E-state index contributed by atoms with van der Waals surface area (Å²) in [6.07, 6.45) is 5.97. The molecule has 2 N–H and O–H groups in total. The fraction of sp³-hybridized carbons (Fsp3) is 0.353. The molecule has 0 atom stereocenters. The van der Waals surface area contributed by atoms with Gasteiger partial charge in [0.25, 0.3) is 0 Å². The van der Waals surface area contributed by atoms with Gasteiger partial charge in [0.2, 0.25) is 0 Å². The van der Waals surface area contributed by atoms with E-state index in [1.54, 1.807) is 17.5 Å². The molecule has 0 aliphatic rings. The van der Waals surface area contributed by atoms with E-state index in [1.165, 1.54) is 5.56 Å². The molecule has 0 saturated carbocycles. The Bertz CT molecular complexity index is 848. The third-order valence-corrected chi connectivity index (χ3v) is 4.28. The number of aromatic amines is 1. The van der Waals surface area contributed by atoms with Crippen molar-refractivity contribution in [3.8, 4) is 0 Å². The minimum absolute atomic E-state index is 0.370. The summed E-state index contributed by atoms with van der Waals surface area (Å²) in [5.41, 5.74) is 1.58. The molecule has 0 aliphatic heterocycles. The number of aromatic nitrogens is 3. The zero-order valence-corrected chi connectivity index (χ0v) is 14.7. The number of nitrogens with one attached hydrogen (secondary N) is 2. The fourth-order valence-electron chi connectivity index (χ4n) is 2.32. The molecule has 0 spiro atoms. The number of thiazole rings is 1. The zero-order chi connectivity index (χ0) is 17.2. The van der Waals surface area contributed by atoms with Crippen LogP contribution in [-0.2, 0) is 17.7 Å². The standard InChI is InChI=1S/C17H20N4O2S/c1-17(2,3)23-16(22)21-10-14-19-9-12(24-14)7-11-8-20-15-13(11)5-4-6-18-15/h4-6,8-9H,7,10H2,1-3H3,(H,18,20)(H,21,22). The molecule has 0 aliphatic carbocycles. The summed E-state index contributed by atoms with van der Waals surface area (Å²) < 4.78 is 5.22. The molecule has 0 saturated heterocycles. The molecule has 126 valence electrons. The number of nitrogens with zero attached hydrogens (tertiary/aromatic N) is 2.